The van der Waals surface area contributed by atoms with Gasteiger partial charge in [0.25, 0.3) is 11.5 Å². The Morgan fingerprint density at radius 2 is 2.46 bits per heavy atom. The first-order valence-corrected chi connectivity index (χ1v) is 3.58. The fraction of sp³-hybridized carbons (Fsp3) is 0.125. The van der Waals surface area contributed by atoms with Crippen molar-refractivity contribution in [2.75, 3.05) is 6.54 Å². The summed E-state index contributed by atoms with van der Waals surface area (Å²) in [6, 6.07) is 4.68. The number of hydrogen-bond donors (Lipinski definition) is 2. The van der Waals surface area contributed by atoms with Crippen LogP contribution >= 0.6 is 0 Å². The van der Waals surface area contributed by atoms with E-state index >= 15 is 0 Å². The summed E-state index contributed by atoms with van der Waals surface area (Å²) in [4.78, 5) is 24.5. The van der Waals surface area contributed by atoms with E-state index < -0.39 is 11.5 Å². The summed E-state index contributed by atoms with van der Waals surface area (Å²) in [7, 11) is 0. The van der Waals surface area contributed by atoms with Crippen LogP contribution in [0.25, 0.3) is 0 Å². The summed E-state index contributed by atoms with van der Waals surface area (Å²) in [6.07, 6.45) is 1.43. The zero-order chi connectivity index (χ0) is 9.68. The Bertz CT molecular complexity index is 402. The molecule has 0 atom stereocenters. The molecule has 1 heterocycles. The zero-order valence-corrected chi connectivity index (χ0v) is 6.70. The zero-order valence-electron chi connectivity index (χ0n) is 6.70. The second-order valence-electron chi connectivity index (χ2n) is 2.25. The maximum absolute atomic E-state index is 11.1. The number of hydrogen-bond acceptors (Lipinski definition) is 3. The molecule has 2 N–H and O–H groups in total. The molecule has 5 heteroatoms. The molecule has 13 heavy (non-hydrogen) atoms. The molecule has 0 saturated carbocycles. The molecule has 66 valence electrons. The minimum absolute atomic E-state index is 0.0118. The Balaban J connectivity index is 2.85. The van der Waals surface area contributed by atoms with Gasteiger partial charge >= 0.3 is 0 Å². The highest BCUT2D eigenvalue weighted by Gasteiger charge is 2.07. The van der Waals surface area contributed by atoms with Crippen LogP contribution in [0.5, 0.6) is 0 Å². The highest BCUT2D eigenvalue weighted by Crippen LogP contribution is 1.87. The average Bonchev–Trinajstić information content (AvgIpc) is 2.15. The van der Waals surface area contributed by atoms with Crippen LogP contribution in [-0.2, 0) is 0 Å². The van der Waals surface area contributed by atoms with Gasteiger partial charge in [0.15, 0.2) is 0 Å². The Labute approximate surface area is 74.0 Å². The Kier molecular flexibility index (Phi) is 2.82. The van der Waals surface area contributed by atoms with E-state index in [4.69, 9.17) is 5.26 Å². The number of pyridine rings is 1. The van der Waals surface area contributed by atoms with Crippen molar-refractivity contribution in [3.05, 3.63) is 34.2 Å². The molecular weight excluding hydrogens is 170 g/mol. The minimum Gasteiger partial charge on any atom is -0.339 e. The van der Waals surface area contributed by atoms with Crippen LogP contribution in [0.3, 0.4) is 0 Å². The maximum atomic E-state index is 11.1. The van der Waals surface area contributed by atoms with Crippen LogP contribution in [0.4, 0.5) is 0 Å². The van der Waals surface area contributed by atoms with Gasteiger partial charge < -0.3 is 10.3 Å². The summed E-state index contributed by atoms with van der Waals surface area (Å²) in [6.45, 7) is -0.104. The summed E-state index contributed by atoms with van der Waals surface area (Å²) < 4.78 is 0. The van der Waals surface area contributed by atoms with E-state index in [9.17, 15) is 9.59 Å². The first kappa shape index (κ1) is 9.00. The Morgan fingerprint density at radius 1 is 1.69 bits per heavy atom. The van der Waals surface area contributed by atoms with E-state index in [1.165, 1.54) is 12.3 Å². The molecule has 5 nitrogen and oxygen atoms in total. The summed E-state index contributed by atoms with van der Waals surface area (Å²) in [5.41, 5.74) is -0.448. The lowest BCUT2D eigenvalue weighted by atomic mass is 10.2. The van der Waals surface area contributed by atoms with Crippen LogP contribution in [0.1, 0.15) is 10.4 Å². The van der Waals surface area contributed by atoms with Crippen molar-refractivity contribution in [1.29, 1.82) is 5.26 Å². The Morgan fingerprint density at radius 3 is 3.08 bits per heavy atom. The quantitative estimate of drug-likeness (QED) is 0.604. The molecule has 0 fully saturated rings. The van der Waals surface area contributed by atoms with E-state index in [1.807, 2.05) is 0 Å². The molecule has 0 aliphatic rings. The molecule has 0 spiro atoms. The number of H-pyrrole nitrogens is 1. The highest BCUT2D eigenvalue weighted by molar-refractivity contribution is 5.93. The Hall–Kier alpha value is -2.09. The minimum atomic E-state index is -0.539. The number of nitrogens with one attached hydrogen (secondary N) is 2. The highest BCUT2D eigenvalue weighted by atomic mass is 16.2. The fourth-order valence-electron chi connectivity index (χ4n) is 0.815. The lowest BCUT2D eigenvalue weighted by molar-refractivity contribution is 0.0957. The molecule has 0 unspecified atom stereocenters. The molecule has 1 rings (SSSR count). The number of carbonyl (C=O) groups is 1. The van der Waals surface area contributed by atoms with E-state index in [0.717, 1.165) is 0 Å². The maximum Gasteiger partial charge on any atom is 0.260 e. The second kappa shape index (κ2) is 4.07. The van der Waals surface area contributed by atoms with Gasteiger partial charge in [0.05, 0.1) is 6.07 Å². The van der Waals surface area contributed by atoms with Crippen LogP contribution in [-0.4, -0.2) is 17.4 Å². The van der Waals surface area contributed by atoms with Gasteiger partial charge in [-0.3, -0.25) is 9.59 Å². The number of aromatic amines is 1. The molecule has 0 bridgehead atoms. The SMILES string of the molecule is N#CCNC(=O)c1ccc[nH]c1=O. The largest absolute Gasteiger partial charge is 0.339 e. The molecule has 0 aliphatic carbocycles. The van der Waals surface area contributed by atoms with Gasteiger partial charge in [0, 0.05) is 6.20 Å². The van der Waals surface area contributed by atoms with Crippen molar-refractivity contribution in [1.82, 2.24) is 10.3 Å². The smallest absolute Gasteiger partial charge is 0.260 e. The number of rotatable bonds is 2. The van der Waals surface area contributed by atoms with Crippen LogP contribution in [0, 0.1) is 11.3 Å². The first-order valence-electron chi connectivity index (χ1n) is 3.58. The van der Waals surface area contributed by atoms with E-state index in [2.05, 4.69) is 10.3 Å². The van der Waals surface area contributed by atoms with Gasteiger partial charge in [0.2, 0.25) is 0 Å². The monoisotopic (exact) mass is 177 g/mol. The molecule has 0 saturated heterocycles. The van der Waals surface area contributed by atoms with Crippen molar-refractivity contribution in [3.63, 3.8) is 0 Å². The van der Waals surface area contributed by atoms with Gasteiger partial charge in [-0.05, 0) is 12.1 Å². The molecule has 0 radical (unpaired) electrons. The van der Waals surface area contributed by atoms with Gasteiger partial charge in [0.1, 0.15) is 12.1 Å². The molecule has 1 aromatic heterocycles. The van der Waals surface area contributed by atoms with Gasteiger partial charge in [-0.2, -0.15) is 5.26 Å². The average molecular weight is 177 g/mol. The predicted octanol–water partition coefficient (Wildman–Crippen LogP) is -0.372. The van der Waals surface area contributed by atoms with Crippen LogP contribution in [0.15, 0.2) is 23.1 Å². The van der Waals surface area contributed by atoms with E-state index in [0.29, 0.717) is 0 Å². The summed E-state index contributed by atoms with van der Waals surface area (Å²) >= 11 is 0. The third-order valence-electron chi connectivity index (χ3n) is 1.39. The number of nitrogens with zero attached hydrogens (tertiary/aromatic N) is 1. The molecule has 0 aromatic carbocycles. The molecule has 1 aromatic rings. The van der Waals surface area contributed by atoms with Crippen LogP contribution in [0.2, 0.25) is 0 Å². The van der Waals surface area contributed by atoms with Crippen molar-refractivity contribution in [2.45, 2.75) is 0 Å². The van der Waals surface area contributed by atoms with E-state index in [-0.39, 0.29) is 12.1 Å². The lowest BCUT2D eigenvalue weighted by Crippen LogP contribution is -2.29. The van der Waals surface area contributed by atoms with Crippen molar-refractivity contribution >= 4 is 5.91 Å². The normalized spacial score (nSPS) is 8.85. The van der Waals surface area contributed by atoms with Crippen molar-refractivity contribution in [3.8, 4) is 6.07 Å². The fourth-order valence-corrected chi connectivity index (χ4v) is 0.815. The molecular formula is C8H7N3O2. The number of aromatic nitrogens is 1. The standard InChI is InChI=1S/C8H7N3O2/c9-3-5-11-8(13)6-2-1-4-10-7(6)12/h1-2,4H,5H2,(H,10,12)(H,11,13). The predicted molar refractivity (Wildman–Crippen MR) is 45.0 cm³/mol. The number of nitriles is 1. The van der Waals surface area contributed by atoms with Gasteiger partial charge in [-0.25, -0.2) is 0 Å². The lowest BCUT2D eigenvalue weighted by Gasteiger charge is -1.97. The number of carbonyl (C=O) groups excluding carboxylic acids is 1. The molecule has 0 aliphatic heterocycles. The van der Waals surface area contributed by atoms with Gasteiger partial charge in [-0.1, -0.05) is 0 Å². The van der Waals surface area contributed by atoms with Crippen LogP contribution < -0.4 is 10.9 Å². The summed E-state index contributed by atoms with van der Waals surface area (Å²) in [5.74, 6) is -0.539. The first-order chi connectivity index (χ1) is 6.25. The van der Waals surface area contributed by atoms with E-state index in [1.54, 1.807) is 12.1 Å². The van der Waals surface area contributed by atoms with Crippen molar-refractivity contribution in [2.24, 2.45) is 0 Å². The molecule has 1 amide bonds. The number of amides is 1. The van der Waals surface area contributed by atoms with Gasteiger partial charge in [-0.15, -0.1) is 0 Å². The second-order valence-corrected chi connectivity index (χ2v) is 2.25. The third kappa shape index (κ3) is 2.17. The third-order valence-corrected chi connectivity index (χ3v) is 1.39. The van der Waals surface area contributed by atoms with Crippen molar-refractivity contribution < 1.29 is 4.79 Å². The topological polar surface area (TPSA) is 85.8 Å². The summed E-state index contributed by atoms with van der Waals surface area (Å²) in [5, 5.41) is 10.5.